The van der Waals surface area contributed by atoms with E-state index in [9.17, 15) is 13.2 Å². The summed E-state index contributed by atoms with van der Waals surface area (Å²) in [6.07, 6.45) is 0. The van der Waals surface area contributed by atoms with Gasteiger partial charge in [-0.25, -0.2) is 8.42 Å². The Morgan fingerprint density at radius 3 is 2.16 bits per heavy atom. The molecule has 0 aliphatic rings. The van der Waals surface area contributed by atoms with Crippen molar-refractivity contribution in [2.24, 2.45) is 0 Å². The first-order chi connectivity index (χ1) is 11.9. The number of thiophene rings is 1. The average molecular weight is 372 g/mol. The molecule has 0 fully saturated rings. The molecule has 2 aromatic carbocycles. The molecule has 128 valence electrons. The fraction of sp³-hybridized carbons (Fsp3) is 0.0556. The van der Waals surface area contributed by atoms with E-state index in [4.69, 9.17) is 0 Å². The van der Waals surface area contributed by atoms with Crippen LogP contribution in [0.1, 0.15) is 15.9 Å². The Bertz CT molecular complexity index is 962. The summed E-state index contributed by atoms with van der Waals surface area (Å²) in [7, 11) is -3.59. The van der Waals surface area contributed by atoms with E-state index in [1.807, 2.05) is 31.2 Å². The molecule has 0 saturated heterocycles. The summed E-state index contributed by atoms with van der Waals surface area (Å²) in [5.74, 6) is -0.253. The fourth-order valence-electron chi connectivity index (χ4n) is 2.15. The van der Waals surface area contributed by atoms with Crippen molar-refractivity contribution < 1.29 is 13.2 Å². The van der Waals surface area contributed by atoms with Gasteiger partial charge in [-0.3, -0.25) is 9.52 Å². The zero-order valence-electron chi connectivity index (χ0n) is 13.4. The standard InChI is InChI=1S/C18H16N2O3S2/c1-13-4-8-15(9-5-13)19-18(21)14-6-10-16(11-7-14)20-25(22,23)17-3-2-12-24-17/h2-12,20H,1H3,(H,19,21). The number of amides is 1. The largest absolute Gasteiger partial charge is 0.322 e. The lowest BCUT2D eigenvalue weighted by Gasteiger charge is -2.08. The Hall–Kier alpha value is -2.64. The lowest BCUT2D eigenvalue weighted by atomic mass is 10.2. The average Bonchev–Trinajstić information content (AvgIpc) is 3.13. The number of sulfonamides is 1. The predicted octanol–water partition coefficient (Wildman–Crippen LogP) is 4.11. The molecule has 0 saturated carbocycles. The molecule has 0 atom stereocenters. The number of hydrogen-bond acceptors (Lipinski definition) is 4. The number of benzene rings is 2. The molecule has 0 bridgehead atoms. The van der Waals surface area contributed by atoms with Gasteiger partial charge in [0.2, 0.25) is 0 Å². The molecule has 0 aliphatic carbocycles. The maximum Gasteiger partial charge on any atom is 0.271 e. The highest BCUT2D eigenvalue weighted by Gasteiger charge is 2.15. The number of anilines is 2. The van der Waals surface area contributed by atoms with Crippen LogP contribution < -0.4 is 10.0 Å². The summed E-state index contributed by atoms with van der Waals surface area (Å²) in [6.45, 7) is 1.97. The number of aryl methyl sites for hydroxylation is 1. The molecule has 0 aliphatic heterocycles. The van der Waals surface area contributed by atoms with E-state index < -0.39 is 10.0 Å². The number of nitrogens with one attached hydrogen (secondary N) is 2. The summed E-state index contributed by atoms with van der Waals surface area (Å²) in [5.41, 5.74) is 2.67. The third-order valence-electron chi connectivity index (χ3n) is 3.47. The number of hydrogen-bond donors (Lipinski definition) is 2. The van der Waals surface area contributed by atoms with Crippen molar-refractivity contribution in [3.05, 3.63) is 77.2 Å². The van der Waals surface area contributed by atoms with Gasteiger partial charge in [-0.1, -0.05) is 23.8 Å². The van der Waals surface area contributed by atoms with E-state index in [1.165, 1.54) is 6.07 Å². The second-order valence-electron chi connectivity index (χ2n) is 5.44. The highest BCUT2D eigenvalue weighted by atomic mass is 32.2. The van der Waals surface area contributed by atoms with E-state index >= 15 is 0 Å². The van der Waals surface area contributed by atoms with Gasteiger partial charge in [0.05, 0.1) is 0 Å². The van der Waals surface area contributed by atoms with Crippen LogP contribution in [0.25, 0.3) is 0 Å². The van der Waals surface area contributed by atoms with Gasteiger partial charge in [0.1, 0.15) is 4.21 Å². The van der Waals surface area contributed by atoms with E-state index in [2.05, 4.69) is 10.0 Å². The van der Waals surface area contributed by atoms with Gasteiger partial charge in [0.15, 0.2) is 0 Å². The molecule has 0 spiro atoms. The van der Waals surface area contributed by atoms with Crippen LogP contribution in [0.4, 0.5) is 11.4 Å². The van der Waals surface area contributed by atoms with E-state index in [0.717, 1.165) is 16.9 Å². The van der Waals surface area contributed by atoms with Gasteiger partial charge in [0, 0.05) is 16.9 Å². The molecular formula is C18H16N2O3S2. The van der Waals surface area contributed by atoms with Crippen molar-refractivity contribution in [1.29, 1.82) is 0 Å². The van der Waals surface area contributed by atoms with Gasteiger partial charge in [-0.05, 0) is 54.8 Å². The minimum absolute atomic E-state index is 0.244. The normalized spacial score (nSPS) is 11.1. The molecule has 0 radical (unpaired) electrons. The molecule has 1 aromatic heterocycles. The van der Waals surface area contributed by atoms with Crippen molar-refractivity contribution in [1.82, 2.24) is 0 Å². The molecule has 1 amide bonds. The monoisotopic (exact) mass is 372 g/mol. The molecule has 5 nitrogen and oxygen atoms in total. The van der Waals surface area contributed by atoms with E-state index in [1.54, 1.807) is 35.7 Å². The van der Waals surface area contributed by atoms with E-state index in [0.29, 0.717) is 16.9 Å². The molecular weight excluding hydrogens is 356 g/mol. The van der Waals surface area contributed by atoms with Crippen LogP contribution in [0.3, 0.4) is 0 Å². The lowest BCUT2D eigenvalue weighted by Crippen LogP contribution is -2.13. The highest BCUT2D eigenvalue weighted by molar-refractivity contribution is 7.94. The SMILES string of the molecule is Cc1ccc(NC(=O)c2ccc(NS(=O)(=O)c3cccs3)cc2)cc1. The van der Waals surface area contributed by atoms with Gasteiger partial charge in [-0.2, -0.15) is 0 Å². The maximum atomic E-state index is 12.2. The third-order valence-corrected chi connectivity index (χ3v) is 6.25. The minimum atomic E-state index is -3.59. The number of rotatable bonds is 5. The molecule has 3 rings (SSSR count). The third kappa shape index (κ3) is 4.26. The van der Waals surface area contributed by atoms with Crippen molar-refractivity contribution in [3.63, 3.8) is 0 Å². The van der Waals surface area contributed by atoms with Gasteiger partial charge in [-0.15, -0.1) is 11.3 Å². The van der Waals surface area contributed by atoms with Gasteiger partial charge >= 0.3 is 0 Å². The van der Waals surface area contributed by atoms with Crippen LogP contribution in [0.2, 0.25) is 0 Å². The molecule has 2 N–H and O–H groups in total. The first kappa shape index (κ1) is 17.2. The molecule has 3 aromatic rings. The van der Waals surface area contributed by atoms with Crippen LogP contribution in [0.5, 0.6) is 0 Å². The van der Waals surface area contributed by atoms with Crippen LogP contribution in [-0.4, -0.2) is 14.3 Å². The number of carbonyl (C=O) groups excluding carboxylic acids is 1. The summed E-state index contributed by atoms with van der Waals surface area (Å²) in [6, 6.07) is 17.0. The Morgan fingerprint density at radius 2 is 1.56 bits per heavy atom. The van der Waals surface area contributed by atoms with Crippen LogP contribution in [-0.2, 0) is 10.0 Å². The Labute approximate surface area is 150 Å². The van der Waals surface area contributed by atoms with Crippen LogP contribution in [0.15, 0.2) is 70.3 Å². The van der Waals surface area contributed by atoms with E-state index in [-0.39, 0.29) is 10.1 Å². The fourth-order valence-corrected chi connectivity index (χ4v) is 4.20. The Kier molecular flexibility index (Phi) is 4.87. The molecule has 7 heteroatoms. The Balaban J connectivity index is 1.69. The topological polar surface area (TPSA) is 75.3 Å². The van der Waals surface area contributed by atoms with Crippen molar-refractivity contribution in [3.8, 4) is 0 Å². The Morgan fingerprint density at radius 1 is 0.920 bits per heavy atom. The van der Waals surface area contributed by atoms with Crippen LogP contribution >= 0.6 is 11.3 Å². The second-order valence-corrected chi connectivity index (χ2v) is 8.29. The van der Waals surface area contributed by atoms with Crippen molar-refractivity contribution in [2.45, 2.75) is 11.1 Å². The van der Waals surface area contributed by atoms with Crippen molar-refractivity contribution >= 4 is 38.6 Å². The maximum absolute atomic E-state index is 12.2. The van der Waals surface area contributed by atoms with Crippen LogP contribution in [0, 0.1) is 6.92 Å². The molecule has 0 unspecified atom stereocenters. The zero-order chi connectivity index (χ0) is 17.9. The summed E-state index contributed by atoms with van der Waals surface area (Å²) < 4.78 is 27.1. The first-order valence-electron chi connectivity index (χ1n) is 7.48. The molecule has 25 heavy (non-hydrogen) atoms. The quantitative estimate of drug-likeness (QED) is 0.708. The van der Waals surface area contributed by atoms with Gasteiger partial charge < -0.3 is 5.32 Å². The predicted molar refractivity (Wildman–Crippen MR) is 101 cm³/mol. The smallest absolute Gasteiger partial charge is 0.271 e. The van der Waals surface area contributed by atoms with Crippen molar-refractivity contribution in [2.75, 3.05) is 10.0 Å². The highest BCUT2D eigenvalue weighted by Crippen LogP contribution is 2.20. The molecule has 1 heterocycles. The minimum Gasteiger partial charge on any atom is -0.322 e. The first-order valence-corrected chi connectivity index (χ1v) is 9.85. The summed E-state index contributed by atoms with van der Waals surface area (Å²) in [4.78, 5) is 12.2. The zero-order valence-corrected chi connectivity index (χ0v) is 15.0. The van der Waals surface area contributed by atoms with Gasteiger partial charge in [0.25, 0.3) is 15.9 Å². The lowest BCUT2D eigenvalue weighted by molar-refractivity contribution is 0.102. The summed E-state index contributed by atoms with van der Waals surface area (Å²) in [5, 5.41) is 4.50. The number of carbonyl (C=O) groups is 1. The summed E-state index contributed by atoms with van der Waals surface area (Å²) >= 11 is 1.14. The second kappa shape index (κ2) is 7.08.